The highest BCUT2D eigenvalue weighted by Gasteiger charge is 2.63. The number of carbonyl (C=O) groups is 2. The lowest BCUT2D eigenvalue weighted by molar-refractivity contribution is -0.122. The molecule has 1 saturated carbocycles. The number of rotatable bonds is 6. The van der Waals surface area contributed by atoms with E-state index in [1.165, 1.54) is 18.5 Å². The molecule has 3 heterocycles. The van der Waals surface area contributed by atoms with Crippen LogP contribution in [0, 0.1) is 29.0 Å². The Morgan fingerprint density at radius 2 is 2.12 bits per heavy atom. The predicted molar refractivity (Wildman–Crippen MR) is 150 cm³/mol. The van der Waals surface area contributed by atoms with Gasteiger partial charge in [0.05, 0.1) is 40.7 Å². The lowest BCUT2D eigenvalue weighted by atomic mass is 10.0. The summed E-state index contributed by atoms with van der Waals surface area (Å²) in [4.78, 5) is 36.2. The van der Waals surface area contributed by atoms with Crippen molar-refractivity contribution in [3.8, 4) is 11.8 Å². The molecule has 6 rings (SSSR count). The van der Waals surface area contributed by atoms with Crippen molar-refractivity contribution in [2.45, 2.75) is 6.42 Å². The molecule has 1 aliphatic carbocycles. The van der Waals surface area contributed by atoms with E-state index in [4.69, 9.17) is 16.3 Å². The van der Waals surface area contributed by atoms with Crippen molar-refractivity contribution in [2.24, 2.45) is 11.3 Å². The number of hydrogen-bond donors (Lipinski definition) is 3. The van der Waals surface area contributed by atoms with Crippen LogP contribution in [0.15, 0.2) is 48.8 Å². The number of halogens is 2. The van der Waals surface area contributed by atoms with E-state index in [-0.39, 0.29) is 28.4 Å². The summed E-state index contributed by atoms with van der Waals surface area (Å²) in [6, 6.07) is 8.07. The van der Waals surface area contributed by atoms with Crippen LogP contribution in [0.1, 0.15) is 12.0 Å². The summed E-state index contributed by atoms with van der Waals surface area (Å²) in [5.74, 6) is 5.84. The van der Waals surface area contributed by atoms with Crippen LogP contribution in [0.3, 0.4) is 0 Å². The molecule has 3 aliphatic rings. The van der Waals surface area contributed by atoms with E-state index in [1.807, 2.05) is 6.08 Å². The molecule has 0 spiro atoms. The third kappa shape index (κ3) is 5.23. The molecule has 2 saturated heterocycles. The summed E-state index contributed by atoms with van der Waals surface area (Å²) in [6.07, 6.45) is 5.38. The Labute approximate surface area is 235 Å². The predicted octanol–water partition coefficient (Wildman–Crippen LogP) is 3.48. The van der Waals surface area contributed by atoms with Gasteiger partial charge in [-0.1, -0.05) is 35.6 Å². The first-order valence-electron chi connectivity index (χ1n) is 13.0. The third-order valence-electron chi connectivity index (χ3n) is 7.41. The first-order valence-corrected chi connectivity index (χ1v) is 13.4. The van der Waals surface area contributed by atoms with Crippen LogP contribution in [-0.4, -0.2) is 66.1 Å². The molecule has 2 aromatic carbocycles. The number of morpholine rings is 1. The van der Waals surface area contributed by atoms with Gasteiger partial charge in [-0.05, 0) is 30.7 Å². The van der Waals surface area contributed by atoms with Crippen molar-refractivity contribution >= 4 is 51.5 Å². The first-order chi connectivity index (χ1) is 19.4. The fourth-order valence-electron chi connectivity index (χ4n) is 5.02. The third-order valence-corrected chi connectivity index (χ3v) is 7.71. The highest BCUT2D eigenvalue weighted by Crippen LogP contribution is 2.55. The van der Waals surface area contributed by atoms with Crippen molar-refractivity contribution in [1.29, 1.82) is 0 Å². The molecule has 0 bridgehead atoms. The Morgan fingerprint density at radius 3 is 2.90 bits per heavy atom. The Morgan fingerprint density at radius 1 is 1.27 bits per heavy atom. The summed E-state index contributed by atoms with van der Waals surface area (Å²) >= 11 is 5.95. The molecule has 0 radical (unpaired) electrons. The largest absolute Gasteiger partial charge is 0.379 e. The zero-order valence-corrected chi connectivity index (χ0v) is 22.2. The molecule has 2 amide bonds. The maximum Gasteiger partial charge on any atom is 0.248 e. The SMILES string of the molecule is O=C(/C=C/CN1CCOCC1)Nc1cc2c(Nc3cccc(Cl)c3F)ncnc2cc1C#C[C@@]12C[C@@H]1CNC2=O. The summed E-state index contributed by atoms with van der Waals surface area (Å²) in [7, 11) is 0. The van der Waals surface area contributed by atoms with Crippen molar-refractivity contribution in [1.82, 2.24) is 20.2 Å². The average Bonchev–Trinajstić information content (AvgIpc) is 3.59. The van der Waals surface area contributed by atoms with Gasteiger partial charge < -0.3 is 20.7 Å². The van der Waals surface area contributed by atoms with Crippen molar-refractivity contribution in [3.05, 3.63) is 65.2 Å². The van der Waals surface area contributed by atoms with E-state index in [9.17, 15) is 14.0 Å². The Bertz CT molecular complexity index is 1600. The normalized spacial score (nSPS) is 21.9. The minimum Gasteiger partial charge on any atom is -0.379 e. The lowest BCUT2D eigenvalue weighted by Crippen LogP contribution is -2.36. The summed E-state index contributed by atoms with van der Waals surface area (Å²) in [5, 5.41) is 9.28. The molecule has 3 fully saturated rings. The fourth-order valence-corrected chi connectivity index (χ4v) is 5.20. The van der Waals surface area contributed by atoms with Gasteiger partial charge in [0.25, 0.3) is 0 Å². The number of nitrogens with one attached hydrogen (secondary N) is 3. The lowest BCUT2D eigenvalue weighted by Gasteiger charge is -2.25. The Hall–Kier alpha value is -4.04. The molecular formula is C29H26ClFN6O3. The van der Waals surface area contributed by atoms with E-state index in [0.29, 0.717) is 54.3 Å². The minimum atomic E-state index is -0.670. The number of anilines is 3. The summed E-state index contributed by atoms with van der Waals surface area (Å²) in [6.45, 7) is 4.25. The van der Waals surface area contributed by atoms with E-state index in [0.717, 1.165) is 19.5 Å². The second-order valence-electron chi connectivity index (χ2n) is 10.0. The van der Waals surface area contributed by atoms with Crippen LogP contribution in [-0.2, 0) is 14.3 Å². The van der Waals surface area contributed by atoms with Crippen LogP contribution >= 0.6 is 11.6 Å². The van der Waals surface area contributed by atoms with Gasteiger partial charge in [-0.15, -0.1) is 0 Å². The highest BCUT2D eigenvalue weighted by atomic mass is 35.5. The zero-order valence-electron chi connectivity index (χ0n) is 21.5. The van der Waals surface area contributed by atoms with Crippen molar-refractivity contribution in [3.63, 3.8) is 0 Å². The number of benzene rings is 2. The minimum absolute atomic E-state index is 0.0218. The number of carbonyl (C=O) groups excluding carboxylic acids is 2. The quantitative estimate of drug-likeness (QED) is 0.313. The van der Waals surface area contributed by atoms with Crippen LogP contribution in [0.4, 0.5) is 21.6 Å². The van der Waals surface area contributed by atoms with Crippen LogP contribution in [0.2, 0.25) is 5.02 Å². The number of amides is 2. The number of hydrogen-bond acceptors (Lipinski definition) is 7. The van der Waals surface area contributed by atoms with Gasteiger partial charge in [0, 0.05) is 43.6 Å². The van der Waals surface area contributed by atoms with Crippen LogP contribution in [0.25, 0.3) is 10.9 Å². The zero-order chi connectivity index (χ0) is 27.7. The second-order valence-corrected chi connectivity index (χ2v) is 10.4. The number of nitrogens with zero attached hydrogens (tertiary/aromatic N) is 3. The van der Waals surface area contributed by atoms with E-state index >= 15 is 0 Å². The van der Waals surface area contributed by atoms with E-state index in [1.54, 1.807) is 24.3 Å². The number of piperidine rings is 1. The van der Waals surface area contributed by atoms with Gasteiger partial charge in [0.2, 0.25) is 11.8 Å². The van der Waals surface area contributed by atoms with E-state index < -0.39 is 11.2 Å². The van der Waals surface area contributed by atoms with Gasteiger partial charge in [0.15, 0.2) is 5.82 Å². The van der Waals surface area contributed by atoms with Gasteiger partial charge in [-0.2, -0.15) is 0 Å². The van der Waals surface area contributed by atoms with Crippen LogP contribution in [0.5, 0.6) is 0 Å². The average molecular weight is 561 g/mol. The molecule has 9 nitrogen and oxygen atoms in total. The molecule has 40 heavy (non-hydrogen) atoms. The molecule has 2 aliphatic heterocycles. The number of ether oxygens (including phenoxy) is 1. The molecule has 11 heteroatoms. The topological polar surface area (TPSA) is 108 Å². The van der Waals surface area contributed by atoms with E-state index in [2.05, 4.69) is 42.7 Å². The van der Waals surface area contributed by atoms with Crippen molar-refractivity contribution in [2.75, 3.05) is 50.0 Å². The summed E-state index contributed by atoms with van der Waals surface area (Å²) in [5.41, 5.74) is 0.958. The maximum absolute atomic E-state index is 14.6. The van der Waals surface area contributed by atoms with Crippen LogP contribution < -0.4 is 16.0 Å². The second kappa shape index (κ2) is 10.8. The molecule has 0 unspecified atom stereocenters. The van der Waals surface area contributed by atoms with Gasteiger partial charge in [-0.25, -0.2) is 14.4 Å². The molecule has 3 N–H and O–H groups in total. The number of aromatic nitrogens is 2. The molecule has 2 atom stereocenters. The van der Waals surface area contributed by atoms with Crippen molar-refractivity contribution < 1.29 is 18.7 Å². The monoisotopic (exact) mass is 560 g/mol. The molecule has 204 valence electrons. The summed E-state index contributed by atoms with van der Waals surface area (Å²) < 4.78 is 20.0. The van der Waals surface area contributed by atoms with Gasteiger partial charge in [-0.3, -0.25) is 14.5 Å². The maximum atomic E-state index is 14.6. The fraction of sp³-hybridized carbons (Fsp3) is 0.310. The highest BCUT2D eigenvalue weighted by molar-refractivity contribution is 6.31. The smallest absolute Gasteiger partial charge is 0.248 e. The number of fused-ring (bicyclic) bond motifs is 2. The standard InChI is InChI=1S/C29H26ClFN6O3/c30-21-3-1-4-22(26(21)31)36-27-20-14-23(35-25(38)5-2-8-37-9-11-40-12-10-37)18(13-24(20)33-17-34-27)6-7-29-15-19(29)16-32-28(29)39/h1-5,13-14,17,19H,8-12,15-16H2,(H,32,39)(H,35,38)(H,33,34,36)/b5-2+/t19-,29-/m1/s1. The molecule has 1 aromatic heterocycles. The first kappa shape index (κ1) is 26.2. The van der Waals surface area contributed by atoms with Gasteiger partial charge in [0.1, 0.15) is 17.6 Å². The van der Waals surface area contributed by atoms with Gasteiger partial charge >= 0.3 is 0 Å². The molecular weight excluding hydrogens is 535 g/mol. The molecule has 3 aromatic rings. The Kier molecular flexibility index (Phi) is 7.11. The Balaban J connectivity index is 1.32.